The van der Waals surface area contributed by atoms with Crippen molar-refractivity contribution >= 4 is 17.6 Å². The second-order valence-electron chi connectivity index (χ2n) is 3.77. The number of anilines is 1. The molecule has 0 radical (unpaired) electrons. The van der Waals surface area contributed by atoms with E-state index in [2.05, 4.69) is 41.2 Å². The minimum Gasteiger partial charge on any atom is -0.354 e. The largest absolute Gasteiger partial charge is 0.354 e. The molecule has 1 aromatic heterocycles. The van der Waals surface area contributed by atoms with Gasteiger partial charge in [0.1, 0.15) is 0 Å². The van der Waals surface area contributed by atoms with Crippen molar-refractivity contribution in [2.75, 3.05) is 18.6 Å². The van der Waals surface area contributed by atoms with E-state index in [9.17, 15) is 0 Å². The van der Waals surface area contributed by atoms with E-state index in [0.717, 1.165) is 6.67 Å². The fourth-order valence-corrected chi connectivity index (χ4v) is 2.51. The number of rotatable bonds is 1. The molecule has 0 spiro atoms. The number of fused-ring (bicyclic) bond motifs is 1. The van der Waals surface area contributed by atoms with Crippen LogP contribution in [0.1, 0.15) is 13.8 Å². The van der Waals surface area contributed by atoms with Crippen LogP contribution in [0.25, 0.3) is 0 Å². The predicted molar refractivity (Wildman–Crippen MR) is 60.3 cm³/mol. The normalized spacial score (nSPS) is 17.3. The SMILES string of the molecule is CC(C)N1CN(C)Sc2cnccc21. The van der Waals surface area contributed by atoms with E-state index in [4.69, 9.17) is 0 Å². The van der Waals surface area contributed by atoms with Crippen molar-refractivity contribution in [3.05, 3.63) is 18.5 Å². The topological polar surface area (TPSA) is 19.4 Å². The van der Waals surface area contributed by atoms with Crippen molar-refractivity contribution in [3.8, 4) is 0 Å². The fourth-order valence-electron chi connectivity index (χ4n) is 1.61. The lowest BCUT2D eigenvalue weighted by molar-refractivity contribution is 0.499. The van der Waals surface area contributed by atoms with Gasteiger partial charge in [-0.3, -0.25) is 4.98 Å². The van der Waals surface area contributed by atoms with E-state index in [1.165, 1.54) is 10.6 Å². The molecule has 76 valence electrons. The molecule has 0 unspecified atom stereocenters. The highest BCUT2D eigenvalue weighted by molar-refractivity contribution is 7.97. The van der Waals surface area contributed by atoms with Gasteiger partial charge in [-0.05, 0) is 38.9 Å². The fraction of sp³-hybridized carbons (Fsp3) is 0.500. The van der Waals surface area contributed by atoms with E-state index in [1.54, 1.807) is 11.9 Å². The summed E-state index contributed by atoms with van der Waals surface area (Å²) in [4.78, 5) is 7.78. The van der Waals surface area contributed by atoms with Crippen molar-refractivity contribution in [3.63, 3.8) is 0 Å². The zero-order valence-corrected chi connectivity index (χ0v) is 9.58. The Morgan fingerprint density at radius 1 is 1.50 bits per heavy atom. The summed E-state index contributed by atoms with van der Waals surface area (Å²) in [6, 6.07) is 2.62. The summed E-state index contributed by atoms with van der Waals surface area (Å²) < 4.78 is 2.23. The molecular weight excluding hydrogens is 194 g/mol. The van der Waals surface area contributed by atoms with Crippen molar-refractivity contribution in [2.45, 2.75) is 24.8 Å². The van der Waals surface area contributed by atoms with Gasteiger partial charge in [-0.2, -0.15) is 0 Å². The molecule has 0 saturated heterocycles. The van der Waals surface area contributed by atoms with Gasteiger partial charge in [0.05, 0.1) is 17.3 Å². The Bertz CT molecular complexity index is 327. The molecule has 2 heterocycles. The zero-order valence-electron chi connectivity index (χ0n) is 8.77. The third-order valence-corrected chi connectivity index (χ3v) is 3.24. The van der Waals surface area contributed by atoms with E-state index in [-0.39, 0.29) is 0 Å². The highest BCUT2D eigenvalue weighted by Gasteiger charge is 2.22. The zero-order chi connectivity index (χ0) is 10.1. The first kappa shape index (κ1) is 9.80. The molecule has 0 N–H and O–H groups in total. The monoisotopic (exact) mass is 209 g/mol. The van der Waals surface area contributed by atoms with Crippen LogP contribution in [0.5, 0.6) is 0 Å². The second-order valence-corrected chi connectivity index (χ2v) is 5.01. The lowest BCUT2D eigenvalue weighted by Crippen LogP contribution is -2.40. The van der Waals surface area contributed by atoms with Crippen LogP contribution in [0.3, 0.4) is 0 Å². The van der Waals surface area contributed by atoms with Gasteiger partial charge in [0.15, 0.2) is 0 Å². The van der Waals surface area contributed by atoms with Crippen LogP contribution in [0, 0.1) is 0 Å². The molecule has 1 aliphatic rings. The summed E-state index contributed by atoms with van der Waals surface area (Å²) in [6.07, 6.45) is 3.80. The Morgan fingerprint density at radius 2 is 2.29 bits per heavy atom. The molecule has 0 aliphatic carbocycles. The number of pyridine rings is 1. The van der Waals surface area contributed by atoms with E-state index < -0.39 is 0 Å². The smallest absolute Gasteiger partial charge is 0.0806 e. The third-order valence-electron chi connectivity index (χ3n) is 2.30. The molecular formula is C10H15N3S. The molecule has 0 saturated carbocycles. The first-order valence-corrected chi connectivity index (χ1v) is 5.55. The summed E-state index contributed by atoms with van der Waals surface area (Å²) in [6.45, 7) is 5.40. The lowest BCUT2D eigenvalue weighted by Gasteiger charge is -2.37. The summed E-state index contributed by atoms with van der Waals surface area (Å²) in [5.74, 6) is 0. The molecule has 1 aliphatic heterocycles. The van der Waals surface area contributed by atoms with Crippen molar-refractivity contribution in [2.24, 2.45) is 0 Å². The maximum atomic E-state index is 4.15. The van der Waals surface area contributed by atoms with Crippen LogP contribution >= 0.6 is 11.9 Å². The molecule has 0 fully saturated rings. The van der Waals surface area contributed by atoms with Gasteiger partial charge in [0, 0.05) is 18.4 Å². The molecule has 14 heavy (non-hydrogen) atoms. The standard InChI is InChI=1S/C10H15N3S/c1-8(2)13-7-12(3)14-10-6-11-5-4-9(10)13/h4-6,8H,7H2,1-3H3. The Balaban J connectivity index is 2.38. The molecule has 0 atom stereocenters. The summed E-state index contributed by atoms with van der Waals surface area (Å²) in [5, 5.41) is 0. The quantitative estimate of drug-likeness (QED) is 0.660. The van der Waals surface area contributed by atoms with Crippen LogP contribution in [-0.2, 0) is 0 Å². The molecule has 0 amide bonds. The summed E-state index contributed by atoms with van der Waals surface area (Å²) in [7, 11) is 2.11. The molecule has 0 aromatic carbocycles. The van der Waals surface area contributed by atoms with Crippen LogP contribution in [-0.4, -0.2) is 29.0 Å². The second kappa shape index (κ2) is 3.79. The van der Waals surface area contributed by atoms with E-state index in [1.807, 2.05) is 12.4 Å². The molecule has 4 heteroatoms. The minimum absolute atomic E-state index is 0.527. The first-order valence-electron chi connectivity index (χ1n) is 4.78. The molecule has 3 nitrogen and oxygen atoms in total. The number of nitrogens with zero attached hydrogens (tertiary/aromatic N) is 3. The third kappa shape index (κ3) is 1.72. The highest BCUT2D eigenvalue weighted by atomic mass is 32.2. The van der Waals surface area contributed by atoms with Gasteiger partial charge in [-0.15, -0.1) is 0 Å². The van der Waals surface area contributed by atoms with Gasteiger partial charge in [0.2, 0.25) is 0 Å². The highest BCUT2D eigenvalue weighted by Crippen LogP contribution is 2.36. The van der Waals surface area contributed by atoms with Crippen molar-refractivity contribution in [1.29, 1.82) is 0 Å². The average Bonchev–Trinajstić information content (AvgIpc) is 2.16. The van der Waals surface area contributed by atoms with Crippen LogP contribution < -0.4 is 4.90 Å². The van der Waals surface area contributed by atoms with Gasteiger partial charge in [-0.25, -0.2) is 4.31 Å². The summed E-state index contributed by atoms with van der Waals surface area (Å²) >= 11 is 1.76. The van der Waals surface area contributed by atoms with Crippen LogP contribution in [0.4, 0.5) is 5.69 Å². The Labute approximate surface area is 89.2 Å². The molecule has 0 bridgehead atoms. The maximum absolute atomic E-state index is 4.15. The van der Waals surface area contributed by atoms with Gasteiger partial charge >= 0.3 is 0 Å². The Hall–Kier alpha value is -0.740. The predicted octanol–water partition coefficient (Wildman–Crippen LogP) is 2.21. The van der Waals surface area contributed by atoms with E-state index in [0.29, 0.717) is 6.04 Å². The number of hydrogen-bond donors (Lipinski definition) is 0. The van der Waals surface area contributed by atoms with Crippen molar-refractivity contribution < 1.29 is 0 Å². The van der Waals surface area contributed by atoms with E-state index >= 15 is 0 Å². The molecule has 2 rings (SSSR count). The number of hydrogen-bond acceptors (Lipinski definition) is 4. The van der Waals surface area contributed by atoms with Crippen LogP contribution in [0.15, 0.2) is 23.4 Å². The molecule has 1 aromatic rings. The maximum Gasteiger partial charge on any atom is 0.0806 e. The average molecular weight is 209 g/mol. The lowest BCUT2D eigenvalue weighted by atomic mass is 10.3. The number of aromatic nitrogens is 1. The Morgan fingerprint density at radius 3 is 3.00 bits per heavy atom. The first-order chi connectivity index (χ1) is 6.68. The summed E-state index contributed by atoms with van der Waals surface area (Å²) in [5.41, 5.74) is 1.30. The minimum atomic E-state index is 0.527. The van der Waals surface area contributed by atoms with Gasteiger partial charge < -0.3 is 4.90 Å². The van der Waals surface area contributed by atoms with Crippen molar-refractivity contribution in [1.82, 2.24) is 9.29 Å². The Kier molecular flexibility index (Phi) is 2.65. The van der Waals surface area contributed by atoms with Crippen LogP contribution in [0.2, 0.25) is 0 Å². The van der Waals surface area contributed by atoms with Gasteiger partial charge in [-0.1, -0.05) is 0 Å². The van der Waals surface area contributed by atoms with Gasteiger partial charge in [0.25, 0.3) is 0 Å².